The van der Waals surface area contributed by atoms with E-state index >= 15 is 0 Å². The zero-order valence-corrected chi connectivity index (χ0v) is 7.74. The number of alkyl halides is 1. The van der Waals surface area contributed by atoms with Gasteiger partial charge in [0.1, 0.15) is 5.75 Å². The number of benzene rings is 1. The first-order valence-electron chi connectivity index (χ1n) is 4.25. The number of carbonyl (C=O) groups excluding carboxylic acids is 1. The highest BCUT2D eigenvalue weighted by molar-refractivity contribution is 5.77. The summed E-state index contributed by atoms with van der Waals surface area (Å²) >= 11 is 0. The lowest BCUT2D eigenvalue weighted by Crippen LogP contribution is -2.11. The molecule has 1 atom stereocenters. The summed E-state index contributed by atoms with van der Waals surface area (Å²) in [4.78, 5) is 11.0. The van der Waals surface area contributed by atoms with Crippen LogP contribution in [0.1, 0.15) is 18.7 Å². The molecule has 0 aliphatic heterocycles. The predicted molar refractivity (Wildman–Crippen MR) is 48.6 cm³/mol. The van der Waals surface area contributed by atoms with Gasteiger partial charge in [0.15, 0.2) is 0 Å². The van der Waals surface area contributed by atoms with Crippen molar-refractivity contribution in [3.63, 3.8) is 0 Å². The van der Waals surface area contributed by atoms with Crippen molar-refractivity contribution < 1.29 is 19.0 Å². The maximum Gasteiger partial charge on any atom is 0.345 e. The second kappa shape index (κ2) is 4.60. The van der Waals surface area contributed by atoms with Crippen molar-refractivity contribution in [2.45, 2.75) is 13.1 Å². The number of phenolic OH excluding ortho intramolecular Hbond substituents is 1. The molecule has 0 saturated heterocycles. The molecule has 1 aromatic rings. The smallest absolute Gasteiger partial charge is 0.345 e. The highest BCUT2D eigenvalue weighted by Gasteiger charge is 2.23. The third kappa shape index (κ3) is 2.22. The van der Waals surface area contributed by atoms with Crippen molar-refractivity contribution in [3.8, 4) is 5.75 Å². The van der Waals surface area contributed by atoms with E-state index in [0.29, 0.717) is 0 Å². The fourth-order valence-corrected chi connectivity index (χ4v) is 1.04. The van der Waals surface area contributed by atoms with Crippen LogP contribution in [0.3, 0.4) is 0 Å². The first kappa shape index (κ1) is 10.5. The van der Waals surface area contributed by atoms with E-state index in [1.54, 1.807) is 19.1 Å². The molecule has 1 N–H and O–H groups in total. The van der Waals surface area contributed by atoms with Crippen LogP contribution in [0.4, 0.5) is 4.39 Å². The lowest BCUT2D eigenvalue weighted by Gasteiger charge is -2.08. The van der Waals surface area contributed by atoms with Crippen LogP contribution in [0.15, 0.2) is 24.3 Å². The quantitative estimate of drug-likeness (QED) is 0.755. The minimum absolute atomic E-state index is 0.0639. The fourth-order valence-electron chi connectivity index (χ4n) is 1.04. The van der Waals surface area contributed by atoms with Crippen molar-refractivity contribution >= 4 is 5.97 Å². The van der Waals surface area contributed by atoms with Gasteiger partial charge >= 0.3 is 5.97 Å². The van der Waals surface area contributed by atoms with Crippen LogP contribution in [-0.4, -0.2) is 17.7 Å². The first-order valence-corrected chi connectivity index (χ1v) is 4.25. The third-order valence-corrected chi connectivity index (χ3v) is 1.70. The zero-order chi connectivity index (χ0) is 10.6. The van der Waals surface area contributed by atoms with Gasteiger partial charge < -0.3 is 9.84 Å². The Morgan fingerprint density at radius 3 is 2.79 bits per heavy atom. The van der Waals surface area contributed by atoms with Gasteiger partial charge in [-0.3, -0.25) is 0 Å². The molecule has 76 valence electrons. The minimum Gasteiger partial charge on any atom is -0.508 e. The van der Waals surface area contributed by atoms with Crippen LogP contribution < -0.4 is 0 Å². The van der Waals surface area contributed by atoms with Gasteiger partial charge in [-0.1, -0.05) is 18.2 Å². The van der Waals surface area contributed by atoms with Crippen LogP contribution in [0, 0.1) is 0 Å². The number of ether oxygens (including phenoxy) is 1. The molecule has 0 aliphatic rings. The number of rotatable bonds is 3. The van der Waals surface area contributed by atoms with E-state index in [1.165, 1.54) is 12.1 Å². The Morgan fingerprint density at radius 2 is 2.21 bits per heavy atom. The summed E-state index contributed by atoms with van der Waals surface area (Å²) in [6, 6.07) is 5.76. The molecule has 0 heterocycles. The van der Waals surface area contributed by atoms with Gasteiger partial charge in [0.05, 0.1) is 6.61 Å². The number of phenols is 1. The van der Waals surface area contributed by atoms with E-state index in [1.807, 2.05) is 0 Å². The Morgan fingerprint density at radius 1 is 1.57 bits per heavy atom. The van der Waals surface area contributed by atoms with Crippen LogP contribution in [0.25, 0.3) is 0 Å². The second-order valence-electron chi connectivity index (χ2n) is 2.67. The number of para-hydroxylation sites is 1. The third-order valence-electron chi connectivity index (χ3n) is 1.70. The van der Waals surface area contributed by atoms with Crippen LogP contribution in [-0.2, 0) is 9.53 Å². The summed E-state index contributed by atoms with van der Waals surface area (Å²) in [5.41, 5.74) is -0.0639. The molecular formula is C10H11FO3. The molecule has 1 aromatic carbocycles. The molecule has 0 bridgehead atoms. The molecule has 0 spiro atoms. The van der Waals surface area contributed by atoms with Crippen molar-refractivity contribution in [1.29, 1.82) is 0 Å². The fraction of sp³-hybridized carbons (Fsp3) is 0.300. The lowest BCUT2D eigenvalue weighted by atomic mass is 10.1. The van der Waals surface area contributed by atoms with Gasteiger partial charge in [-0.15, -0.1) is 0 Å². The van der Waals surface area contributed by atoms with Gasteiger partial charge in [0, 0.05) is 5.56 Å². The molecule has 3 nitrogen and oxygen atoms in total. The zero-order valence-electron chi connectivity index (χ0n) is 7.74. The molecule has 0 amide bonds. The molecule has 1 rings (SSSR count). The monoisotopic (exact) mass is 198 g/mol. The second-order valence-corrected chi connectivity index (χ2v) is 2.67. The number of halogens is 1. The Balaban J connectivity index is 2.84. The molecular weight excluding hydrogens is 187 g/mol. The molecule has 0 aromatic heterocycles. The summed E-state index contributed by atoms with van der Waals surface area (Å²) in [6.07, 6.45) is -1.92. The predicted octanol–water partition coefficient (Wildman–Crippen LogP) is 1.97. The number of esters is 1. The molecule has 0 radical (unpaired) electrons. The summed E-state index contributed by atoms with van der Waals surface area (Å²) in [7, 11) is 0. The van der Waals surface area contributed by atoms with E-state index in [4.69, 9.17) is 0 Å². The van der Waals surface area contributed by atoms with Crippen molar-refractivity contribution in [2.24, 2.45) is 0 Å². The van der Waals surface area contributed by atoms with Gasteiger partial charge in [-0.2, -0.15) is 0 Å². The van der Waals surface area contributed by atoms with Gasteiger partial charge in [-0.05, 0) is 13.0 Å². The van der Waals surface area contributed by atoms with Crippen molar-refractivity contribution in [1.82, 2.24) is 0 Å². The standard InChI is InChI=1S/C10H11FO3/c1-2-14-10(13)9(11)7-5-3-4-6-8(7)12/h3-6,9,12H,2H2,1H3. The van der Waals surface area contributed by atoms with E-state index in [-0.39, 0.29) is 17.9 Å². The lowest BCUT2D eigenvalue weighted by molar-refractivity contribution is -0.149. The highest BCUT2D eigenvalue weighted by atomic mass is 19.1. The van der Waals surface area contributed by atoms with Gasteiger partial charge in [-0.25, -0.2) is 9.18 Å². The molecule has 4 heteroatoms. The Labute approximate surface area is 81.1 Å². The van der Waals surface area contributed by atoms with Crippen molar-refractivity contribution in [3.05, 3.63) is 29.8 Å². The number of hydrogen-bond acceptors (Lipinski definition) is 3. The van der Waals surface area contributed by atoms with Crippen LogP contribution >= 0.6 is 0 Å². The summed E-state index contributed by atoms with van der Waals surface area (Å²) in [6.45, 7) is 1.71. The maximum absolute atomic E-state index is 13.3. The molecule has 0 saturated carbocycles. The SMILES string of the molecule is CCOC(=O)C(F)c1ccccc1O. The molecule has 0 fully saturated rings. The largest absolute Gasteiger partial charge is 0.508 e. The Bertz CT molecular complexity index is 325. The Kier molecular flexibility index (Phi) is 3.45. The number of aromatic hydroxyl groups is 1. The van der Waals surface area contributed by atoms with E-state index in [9.17, 15) is 14.3 Å². The van der Waals surface area contributed by atoms with Crippen molar-refractivity contribution in [2.75, 3.05) is 6.61 Å². The highest BCUT2D eigenvalue weighted by Crippen LogP contribution is 2.27. The number of hydrogen-bond donors (Lipinski definition) is 1. The minimum atomic E-state index is -1.92. The summed E-state index contributed by atoms with van der Waals surface area (Å²) in [5, 5.41) is 9.25. The molecule has 0 aliphatic carbocycles. The normalized spacial score (nSPS) is 12.1. The first-order chi connectivity index (χ1) is 6.66. The average Bonchev–Trinajstić information content (AvgIpc) is 2.18. The van der Waals surface area contributed by atoms with E-state index in [0.717, 1.165) is 0 Å². The molecule has 14 heavy (non-hydrogen) atoms. The summed E-state index contributed by atoms with van der Waals surface area (Å²) in [5.74, 6) is -1.22. The van der Waals surface area contributed by atoms with Gasteiger partial charge in [0.2, 0.25) is 6.17 Å². The molecule has 1 unspecified atom stereocenters. The van der Waals surface area contributed by atoms with E-state index in [2.05, 4.69) is 4.74 Å². The van der Waals surface area contributed by atoms with Crippen LogP contribution in [0.2, 0.25) is 0 Å². The average molecular weight is 198 g/mol. The Hall–Kier alpha value is -1.58. The van der Waals surface area contributed by atoms with Gasteiger partial charge in [0.25, 0.3) is 0 Å². The van der Waals surface area contributed by atoms with Crippen LogP contribution in [0.5, 0.6) is 5.75 Å². The number of carbonyl (C=O) groups is 1. The van der Waals surface area contributed by atoms with E-state index < -0.39 is 12.1 Å². The summed E-state index contributed by atoms with van der Waals surface area (Å²) < 4.78 is 17.8. The topological polar surface area (TPSA) is 46.5 Å². The maximum atomic E-state index is 13.3.